The van der Waals surface area contributed by atoms with Gasteiger partial charge in [0.15, 0.2) is 5.82 Å². The smallest absolute Gasteiger partial charge is 0.247 e. The fourth-order valence-corrected chi connectivity index (χ4v) is 4.47. The number of unbranched alkanes of at least 4 members (excludes halogenated alkanes) is 1. The number of benzene rings is 1. The molecule has 0 fully saturated rings. The van der Waals surface area contributed by atoms with Gasteiger partial charge in [-0.3, -0.25) is 9.18 Å². The number of halogens is 2. The molecule has 0 bridgehead atoms. The monoisotopic (exact) mass is 488 g/mol. The van der Waals surface area contributed by atoms with E-state index < -0.39 is 0 Å². The second-order valence-electron chi connectivity index (χ2n) is 8.36. The lowest BCUT2D eigenvalue weighted by Crippen LogP contribution is -2.46. The Bertz CT molecular complexity index is 949. The van der Waals surface area contributed by atoms with Crippen LogP contribution in [0.5, 0.6) is 0 Å². The average molecular weight is 489 g/mol. The first-order chi connectivity index (χ1) is 14.8. The highest BCUT2D eigenvalue weighted by Crippen LogP contribution is 2.45. The van der Waals surface area contributed by atoms with Crippen LogP contribution in [0.1, 0.15) is 50.8 Å². The van der Waals surface area contributed by atoms with Crippen molar-refractivity contribution in [3.8, 4) is 0 Å². The molecule has 31 heavy (non-hydrogen) atoms. The summed E-state index contributed by atoms with van der Waals surface area (Å²) in [7, 11) is 2.02. The zero-order chi connectivity index (χ0) is 22.7. The predicted octanol–water partition coefficient (Wildman–Crippen LogP) is 5.97. The van der Waals surface area contributed by atoms with Crippen molar-refractivity contribution < 1.29 is 9.18 Å². The molecule has 1 aromatic heterocycles. The van der Waals surface area contributed by atoms with Crippen LogP contribution in [-0.2, 0) is 4.79 Å². The molecule has 1 amide bonds. The van der Waals surface area contributed by atoms with E-state index in [1.165, 1.54) is 5.56 Å². The SMILES string of the molecule is CCN(C)c1cc(C)nc2c1N(CCCC[17F])C(=O)CN2c1ccc(C(C)C)cc1Br. The fourth-order valence-electron chi connectivity index (χ4n) is 3.86. The molecule has 0 spiro atoms. The Kier molecular flexibility index (Phi) is 7.57. The summed E-state index contributed by atoms with van der Waals surface area (Å²) in [6, 6.07) is 8.31. The van der Waals surface area contributed by atoms with Crippen LogP contribution in [0.15, 0.2) is 28.7 Å². The van der Waals surface area contributed by atoms with Gasteiger partial charge in [-0.2, -0.15) is 0 Å². The van der Waals surface area contributed by atoms with E-state index in [1.807, 2.05) is 24.9 Å². The fraction of sp³-hybridized carbons (Fsp3) is 0.500. The Morgan fingerprint density at radius 2 is 2.00 bits per heavy atom. The van der Waals surface area contributed by atoms with Crippen molar-refractivity contribution in [2.24, 2.45) is 0 Å². The van der Waals surface area contributed by atoms with Gasteiger partial charge in [0.2, 0.25) is 5.91 Å². The number of anilines is 4. The first kappa shape index (κ1) is 23.5. The van der Waals surface area contributed by atoms with Crippen LogP contribution in [0.2, 0.25) is 0 Å². The second-order valence-corrected chi connectivity index (χ2v) is 9.22. The molecule has 0 saturated carbocycles. The molecule has 168 valence electrons. The third kappa shape index (κ3) is 4.86. The van der Waals surface area contributed by atoms with E-state index in [0.29, 0.717) is 25.3 Å². The summed E-state index contributed by atoms with van der Waals surface area (Å²) in [4.78, 5) is 24.1. The van der Waals surface area contributed by atoms with Crippen molar-refractivity contribution in [2.45, 2.75) is 46.5 Å². The van der Waals surface area contributed by atoms with E-state index in [4.69, 9.17) is 4.98 Å². The molecule has 1 aliphatic heterocycles. The quantitative estimate of drug-likeness (QED) is 0.429. The zero-order valence-electron chi connectivity index (χ0n) is 19.1. The van der Waals surface area contributed by atoms with Gasteiger partial charge in [-0.1, -0.05) is 19.9 Å². The van der Waals surface area contributed by atoms with Crippen molar-refractivity contribution in [1.29, 1.82) is 0 Å². The molecule has 2 heterocycles. The Labute approximate surface area is 193 Å². The number of nitrogens with zero attached hydrogens (tertiary/aromatic N) is 4. The van der Waals surface area contributed by atoms with Crippen molar-refractivity contribution in [3.63, 3.8) is 0 Å². The summed E-state index contributed by atoms with van der Waals surface area (Å²) in [5.74, 6) is 1.19. The lowest BCUT2D eigenvalue weighted by molar-refractivity contribution is -0.117. The van der Waals surface area contributed by atoms with E-state index in [0.717, 1.165) is 39.6 Å². The largest absolute Gasteiger partial charge is 0.373 e. The molecule has 5 nitrogen and oxygen atoms in total. The molecule has 3 rings (SSSR count). The summed E-state index contributed by atoms with van der Waals surface area (Å²) in [5.41, 5.74) is 4.83. The molecule has 0 unspecified atom stereocenters. The van der Waals surface area contributed by atoms with Crippen LogP contribution in [0.25, 0.3) is 0 Å². The molecule has 0 radical (unpaired) electrons. The third-order valence-electron chi connectivity index (χ3n) is 5.78. The minimum absolute atomic E-state index is 0.00241. The average Bonchev–Trinajstić information content (AvgIpc) is 2.74. The number of carbonyl (C=O) groups excluding carboxylic acids is 1. The van der Waals surface area contributed by atoms with Gasteiger partial charge >= 0.3 is 0 Å². The summed E-state index contributed by atoms with van der Waals surface area (Å²) in [5, 5.41) is 0. The second kappa shape index (κ2) is 9.98. The van der Waals surface area contributed by atoms with Gasteiger partial charge in [0.25, 0.3) is 0 Å². The van der Waals surface area contributed by atoms with E-state index in [1.54, 1.807) is 4.90 Å². The molecule has 0 aliphatic carbocycles. The van der Waals surface area contributed by atoms with Crippen LogP contribution in [0, 0.1) is 6.92 Å². The van der Waals surface area contributed by atoms with Gasteiger partial charge in [0.1, 0.15) is 12.2 Å². The van der Waals surface area contributed by atoms with Crippen molar-refractivity contribution in [1.82, 2.24) is 4.98 Å². The number of pyridine rings is 1. The maximum atomic E-state index is 13.3. The predicted molar refractivity (Wildman–Crippen MR) is 131 cm³/mol. The van der Waals surface area contributed by atoms with Crippen molar-refractivity contribution in [3.05, 3.63) is 40.0 Å². The van der Waals surface area contributed by atoms with Crippen LogP contribution in [-0.4, -0.2) is 44.2 Å². The Hall–Kier alpha value is -2.15. The van der Waals surface area contributed by atoms with Crippen LogP contribution in [0.3, 0.4) is 0 Å². The van der Waals surface area contributed by atoms with Crippen LogP contribution < -0.4 is 14.7 Å². The summed E-state index contributed by atoms with van der Waals surface area (Å²) in [6.45, 7) is 9.51. The highest BCUT2D eigenvalue weighted by Gasteiger charge is 2.35. The minimum Gasteiger partial charge on any atom is -0.373 e. The highest BCUT2D eigenvalue weighted by molar-refractivity contribution is 9.10. The summed E-state index contributed by atoms with van der Waals surface area (Å²) in [6.07, 6.45) is 1.07. The van der Waals surface area contributed by atoms with E-state index in [-0.39, 0.29) is 19.1 Å². The molecule has 0 saturated heterocycles. The van der Waals surface area contributed by atoms with Gasteiger partial charge in [-0.05, 0) is 72.3 Å². The highest BCUT2D eigenvalue weighted by atomic mass is 79.9. The molecule has 0 atom stereocenters. The number of aromatic nitrogens is 1. The zero-order valence-corrected chi connectivity index (χ0v) is 20.7. The van der Waals surface area contributed by atoms with E-state index in [2.05, 4.69) is 59.8 Å². The van der Waals surface area contributed by atoms with Gasteiger partial charge < -0.3 is 14.7 Å². The number of hydrogen-bond acceptors (Lipinski definition) is 4. The topological polar surface area (TPSA) is 39.7 Å². The van der Waals surface area contributed by atoms with Gasteiger partial charge in [-0.25, -0.2) is 4.98 Å². The van der Waals surface area contributed by atoms with Crippen molar-refractivity contribution >= 4 is 44.7 Å². The Morgan fingerprint density at radius 3 is 2.61 bits per heavy atom. The van der Waals surface area contributed by atoms with Gasteiger partial charge in [-0.15, -0.1) is 0 Å². The van der Waals surface area contributed by atoms with E-state index >= 15 is 0 Å². The van der Waals surface area contributed by atoms with Gasteiger partial charge in [0, 0.05) is 30.3 Å². The number of hydrogen-bond donors (Lipinski definition) is 0. The summed E-state index contributed by atoms with van der Waals surface area (Å²) < 4.78 is 13.7. The lowest BCUT2D eigenvalue weighted by atomic mass is 10.0. The molecular weight excluding hydrogens is 457 g/mol. The number of fused-ring (bicyclic) bond motifs is 1. The number of rotatable bonds is 8. The first-order valence-corrected chi connectivity index (χ1v) is 11.7. The number of alkyl halides is 1. The van der Waals surface area contributed by atoms with Crippen LogP contribution in [0.4, 0.5) is 27.3 Å². The number of carbonyl (C=O) groups is 1. The summed E-state index contributed by atoms with van der Waals surface area (Å²) >= 11 is 3.72. The molecule has 0 N–H and O–H groups in total. The van der Waals surface area contributed by atoms with Crippen LogP contribution >= 0.6 is 15.9 Å². The van der Waals surface area contributed by atoms with E-state index in [9.17, 15) is 9.18 Å². The molecule has 1 aromatic carbocycles. The lowest BCUT2D eigenvalue weighted by Gasteiger charge is -2.39. The van der Waals surface area contributed by atoms with Crippen molar-refractivity contribution in [2.75, 3.05) is 48.1 Å². The molecule has 7 heteroatoms. The molecule has 1 aliphatic rings. The maximum absolute atomic E-state index is 13.3. The third-order valence-corrected chi connectivity index (χ3v) is 6.42. The Balaban J connectivity index is 2.16. The normalized spacial score (nSPS) is 13.7. The standard InChI is InChI=1S/C24H32BrFN4O/c1-6-28(5)21-13-17(4)27-24-23(21)29(12-8-7-11-26)22(31)15-30(24)20-10-9-18(16(2)3)14-19(20)25/h9-10,13-14,16H,6-8,11-12,15H2,1-5H3/i26-2. The number of amides is 1. The first-order valence-electron chi connectivity index (χ1n) is 10.9. The number of aryl methyl sites for hydroxylation is 1. The molecule has 2 aromatic rings. The van der Waals surface area contributed by atoms with Gasteiger partial charge in [0.05, 0.1) is 18.0 Å². The molecular formula is C24H32BrFN4O. The maximum Gasteiger partial charge on any atom is 0.247 e. The Morgan fingerprint density at radius 1 is 1.26 bits per heavy atom. The minimum atomic E-state index is -0.371.